The Labute approximate surface area is 187 Å². The lowest BCUT2D eigenvalue weighted by molar-refractivity contribution is -0.146. The monoisotopic (exact) mass is 435 g/mol. The van der Waals surface area contributed by atoms with Crippen molar-refractivity contribution in [3.63, 3.8) is 0 Å². The number of ketones is 1. The number of aliphatic imine (C=N–C) groups is 1. The average Bonchev–Trinajstić information content (AvgIpc) is 2.78. The molecule has 2 aromatic rings. The van der Waals surface area contributed by atoms with Crippen molar-refractivity contribution in [1.29, 1.82) is 0 Å². The molecule has 2 aliphatic rings. The zero-order chi connectivity index (χ0) is 22.7. The smallest absolute Gasteiger partial charge is 0.315 e. The summed E-state index contributed by atoms with van der Waals surface area (Å²) in [6.07, 6.45) is 1.99. The van der Waals surface area contributed by atoms with Crippen molar-refractivity contribution in [2.45, 2.75) is 45.6 Å². The SMILES string of the molecule is CCOC(=O)C1C(C)=NC2=C(C(=O)CCC2)[C@H]1c1ccc(OCc2ccc(F)cc2)cc1. The normalized spacial score (nSPS) is 20.5. The second-order valence-corrected chi connectivity index (χ2v) is 8.08. The van der Waals surface area contributed by atoms with Gasteiger partial charge >= 0.3 is 5.97 Å². The van der Waals surface area contributed by atoms with Crippen molar-refractivity contribution < 1.29 is 23.5 Å². The van der Waals surface area contributed by atoms with Crippen LogP contribution in [0.1, 0.15) is 50.2 Å². The number of benzene rings is 2. The fourth-order valence-electron chi connectivity index (χ4n) is 4.42. The Balaban J connectivity index is 1.61. The van der Waals surface area contributed by atoms with Crippen LogP contribution in [-0.2, 0) is 20.9 Å². The number of nitrogens with zero attached hydrogens (tertiary/aromatic N) is 1. The lowest BCUT2D eigenvalue weighted by Crippen LogP contribution is -2.37. The van der Waals surface area contributed by atoms with Crippen LogP contribution in [0.25, 0.3) is 0 Å². The maximum absolute atomic E-state index is 13.1. The summed E-state index contributed by atoms with van der Waals surface area (Å²) in [5.74, 6) is -0.983. The maximum atomic E-state index is 13.1. The van der Waals surface area contributed by atoms with E-state index in [2.05, 4.69) is 4.99 Å². The third-order valence-electron chi connectivity index (χ3n) is 5.93. The molecule has 0 fully saturated rings. The number of carbonyl (C=O) groups is 2. The highest BCUT2D eigenvalue weighted by atomic mass is 19.1. The Hall–Kier alpha value is -3.28. The minimum absolute atomic E-state index is 0.0541. The fraction of sp³-hybridized carbons (Fsp3) is 0.346. The standard InChI is InChI=1S/C26H26FNO4/c1-3-31-26(30)23-16(2)28-21-5-4-6-22(29)25(21)24(23)18-9-13-20(14-10-18)32-15-17-7-11-19(27)12-8-17/h7-14,23-24H,3-6,15H2,1-2H3/t23?,24-/m0/s1. The molecule has 0 N–H and O–H groups in total. The topological polar surface area (TPSA) is 65.0 Å². The van der Waals surface area contributed by atoms with Gasteiger partial charge in [0.2, 0.25) is 0 Å². The Bertz CT molecular complexity index is 1070. The van der Waals surface area contributed by atoms with Gasteiger partial charge in [-0.3, -0.25) is 14.6 Å². The molecule has 0 amide bonds. The molecular weight excluding hydrogens is 409 g/mol. The molecule has 0 aromatic heterocycles. The van der Waals surface area contributed by atoms with E-state index < -0.39 is 11.8 Å². The largest absolute Gasteiger partial charge is 0.489 e. The van der Waals surface area contributed by atoms with Crippen molar-refractivity contribution in [2.75, 3.05) is 6.61 Å². The van der Waals surface area contributed by atoms with Gasteiger partial charge in [0.25, 0.3) is 0 Å². The minimum Gasteiger partial charge on any atom is -0.489 e. The van der Waals surface area contributed by atoms with Gasteiger partial charge in [-0.05, 0) is 62.1 Å². The third-order valence-corrected chi connectivity index (χ3v) is 5.93. The van der Waals surface area contributed by atoms with Gasteiger partial charge in [0, 0.05) is 29.3 Å². The molecule has 0 bridgehead atoms. The minimum atomic E-state index is -0.623. The second-order valence-electron chi connectivity index (χ2n) is 8.08. The van der Waals surface area contributed by atoms with Gasteiger partial charge in [0.15, 0.2) is 5.78 Å². The first-order valence-corrected chi connectivity index (χ1v) is 10.9. The van der Waals surface area contributed by atoms with Gasteiger partial charge in [-0.1, -0.05) is 24.3 Å². The summed E-state index contributed by atoms with van der Waals surface area (Å²) < 4.78 is 24.2. The van der Waals surface area contributed by atoms with Crippen LogP contribution < -0.4 is 4.74 Å². The van der Waals surface area contributed by atoms with Crippen molar-refractivity contribution in [3.05, 3.63) is 76.7 Å². The van der Waals surface area contributed by atoms with E-state index in [1.54, 1.807) is 19.1 Å². The highest BCUT2D eigenvalue weighted by molar-refractivity contribution is 6.08. The number of ether oxygens (including phenoxy) is 2. The van der Waals surface area contributed by atoms with E-state index in [1.165, 1.54) is 12.1 Å². The van der Waals surface area contributed by atoms with Gasteiger partial charge in [-0.15, -0.1) is 0 Å². The summed E-state index contributed by atoms with van der Waals surface area (Å²) in [5.41, 5.74) is 3.83. The van der Waals surface area contributed by atoms with E-state index in [4.69, 9.17) is 9.47 Å². The molecule has 1 heterocycles. The lowest BCUT2D eigenvalue weighted by atomic mass is 9.72. The van der Waals surface area contributed by atoms with Gasteiger partial charge in [-0.25, -0.2) is 4.39 Å². The van der Waals surface area contributed by atoms with Crippen LogP contribution in [0.5, 0.6) is 5.75 Å². The van der Waals surface area contributed by atoms with Crippen LogP contribution in [0.2, 0.25) is 0 Å². The molecule has 1 aliphatic carbocycles. The molecule has 5 nitrogen and oxygen atoms in total. The van der Waals surface area contributed by atoms with E-state index in [1.807, 2.05) is 31.2 Å². The van der Waals surface area contributed by atoms with Crippen LogP contribution in [-0.4, -0.2) is 24.1 Å². The predicted molar refractivity (Wildman–Crippen MR) is 119 cm³/mol. The summed E-state index contributed by atoms with van der Waals surface area (Å²) in [6, 6.07) is 13.6. The molecule has 6 heteroatoms. The van der Waals surface area contributed by atoms with Crippen molar-refractivity contribution >= 4 is 17.5 Å². The fourth-order valence-corrected chi connectivity index (χ4v) is 4.42. The summed E-state index contributed by atoms with van der Waals surface area (Å²) in [5, 5.41) is 0. The first-order chi connectivity index (χ1) is 15.5. The summed E-state index contributed by atoms with van der Waals surface area (Å²) in [7, 11) is 0. The molecule has 2 atom stereocenters. The maximum Gasteiger partial charge on any atom is 0.315 e. The first kappa shape index (κ1) is 21.9. The van der Waals surface area contributed by atoms with Crippen LogP contribution in [0, 0.1) is 11.7 Å². The number of hydrogen-bond acceptors (Lipinski definition) is 5. The molecule has 166 valence electrons. The van der Waals surface area contributed by atoms with Crippen molar-refractivity contribution in [1.82, 2.24) is 0 Å². The summed E-state index contributed by atoms with van der Waals surface area (Å²) in [6.45, 7) is 4.18. The van der Waals surface area contributed by atoms with Crippen LogP contribution in [0.3, 0.4) is 0 Å². The summed E-state index contributed by atoms with van der Waals surface area (Å²) in [4.78, 5) is 30.3. The Morgan fingerprint density at radius 3 is 2.50 bits per heavy atom. The van der Waals surface area contributed by atoms with E-state index in [0.29, 0.717) is 30.1 Å². The predicted octanol–water partition coefficient (Wildman–Crippen LogP) is 5.15. The zero-order valence-corrected chi connectivity index (χ0v) is 18.3. The Morgan fingerprint density at radius 1 is 1.09 bits per heavy atom. The first-order valence-electron chi connectivity index (χ1n) is 10.9. The highest BCUT2D eigenvalue weighted by Gasteiger charge is 2.43. The highest BCUT2D eigenvalue weighted by Crippen LogP contribution is 2.43. The number of hydrogen-bond donors (Lipinski definition) is 0. The van der Waals surface area contributed by atoms with Crippen LogP contribution >= 0.6 is 0 Å². The number of rotatable bonds is 6. The Kier molecular flexibility index (Phi) is 6.49. The van der Waals surface area contributed by atoms with Crippen molar-refractivity contribution in [2.24, 2.45) is 10.9 Å². The number of esters is 1. The van der Waals surface area contributed by atoms with E-state index in [9.17, 15) is 14.0 Å². The molecule has 0 saturated heterocycles. The molecule has 2 aromatic carbocycles. The summed E-state index contributed by atoms with van der Waals surface area (Å²) >= 11 is 0. The number of carbonyl (C=O) groups excluding carboxylic acids is 2. The van der Waals surface area contributed by atoms with E-state index in [0.717, 1.165) is 29.7 Å². The second kappa shape index (κ2) is 9.47. The average molecular weight is 435 g/mol. The number of allylic oxidation sites excluding steroid dienone is 2. The molecule has 32 heavy (non-hydrogen) atoms. The molecule has 1 unspecified atom stereocenters. The molecule has 0 spiro atoms. The van der Waals surface area contributed by atoms with Crippen LogP contribution in [0.4, 0.5) is 4.39 Å². The lowest BCUT2D eigenvalue weighted by Gasteiger charge is -2.34. The quantitative estimate of drug-likeness (QED) is 0.589. The van der Waals surface area contributed by atoms with Crippen molar-refractivity contribution in [3.8, 4) is 5.75 Å². The van der Waals surface area contributed by atoms with E-state index >= 15 is 0 Å². The third kappa shape index (κ3) is 4.49. The van der Waals surface area contributed by atoms with Gasteiger partial charge < -0.3 is 9.47 Å². The molecular formula is C26H26FNO4. The molecule has 0 saturated carbocycles. The van der Waals surface area contributed by atoms with Gasteiger partial charge in [0.05, 0.1) is 6.61 Å². The zero-order valence-electron chi connectivity index (χ0n) is 18.3. The van der Waals surface area contributed by atoms with Crippen LogP contribution in [0.15, 0.2) is 64.8 Å². The van der Waals surface area contributed by atoms with E-state index in [-0.39, 0.29) is 24.2 Å². The molecule has 4 rings (SSSR count). The molecule has 0 radical (unpaired) electrons. The van der Waals surface area contributed by atoms with Gasteiger partial charge in [0.1, 0.15) is 24.1 Å². The van der Waals surface area contributed by atoms with Gasteiger partial charge in [-0.2, -0.15) is 0 Å². The molecule has 1 aliphatic heterocycles. The number of halogens is 1. The number of Topliss-reactive ketones (excluding diaryl/α,β-unsaturated/α-hetero) is 1. The Morgan fingerprint density at radius 2 is 1.81 bits per heavy atom.